The maximum atomic E-state index is 12.2. The summed E-state index contributed by atoms with van der Waals surface area (Å²) in [5, 5.41) is 3.46. The van der Waals surface area contributed by atoms with Gasteiger partial charge >= 0.3 is 0 Å². The Morgan fingerprint density at radius 3 is 2.05 bits per heavy atom. The third kappa shape index (κ3) is 3.95. The van der Waals surface area contributed by atoms with Gasteiger partial charge in [-0.05, 0) is 25.0 Å². The Morgan fingerprint density at radius 2 is 1.50 bits per heavy atom. The van der Waals surface area contributed by atoms with E-state index in [9.17, 15) is 4.79 Å². The molecule has 1 N–H and O–H groups in total. The monoisotopic (exact) mass is 296 g/mol. The van der Waals surface area contributed by atoms with Crippen LogP contribution in [0.2, 0.25) is 0 Å². The quantitative estimate of drug-likeness (QED) is 0.919. The summed E-state index contributed by atoms with van der Waals surface area (Å²) in [6, 6.07) is 18.4. The molecular weight excluding hydrogens is 272 g/mol. The number of nitrogens with one attached hydrogen (secondary N) is 1. The molecule has 3 nitrogen and oxygen atoms in total. The molecule has 0 aromatic heterocycles. The molecule has 0 unspecified atom stereocenters. The fraction of sp³-hybridized carbons (Fsp3) is 0.316. The predicted octanol–water partition coefficient (Wildman–Crippen LogP) is 3.15. The molecule has 0 saturated carbocycles. The van der Waals surface area contributed by atoms with E-state index in [1.165, 1.54) is 5.56 Å². The van der Waals surface area contributed by atoms with Gasteiger partial charge in [0.25, 0.3) is 0 Å². The molecule has 0 saturated heterocycles. The lowest BCUT2D eigenvalue weighted by atomic mass is 9.97. The van der Waals surface area contributed by atoms with E-state index in [1.54, 1.807) is 19.0 Å². The lowest BCUT2D eigenvalue weighted by Gasteiger charge is -2.25. The Balaban J connectivity index is 2.30. The van der Waals surface area contributed by atoms with Crippen LogP contribution in [0.3, 0.4) is 0 Å². The number of amides is 1. The first-order valence-electron chi connectivity index (χ1n) is 7.57. The van der Waals surface area contributed by atoms with Gasteiger partial charge in [0.05, 0.1) is 12.1 Å². The van der Waals surface area contributed by atoms with Crippen molar-refractivity contribution in [2.24, 2.45) is 0 Å². The van der Waals surface area contributed by atoms with Crippen LogP contribution < -0.4 is 5.32 Å². The Labute approximate surface area is 133 Å². The predicted molar refractivity (Wildman–Crippen MR) is 90.8 cm³/mol. The van der Waals surface area contributed by atoms with Crippen LogP contribution in [0.4, 0.5) is 0 Å². The van der Waals surface area contributed by atoms with Crippen LogP contribution >= 0.6 is 0 Å². The van der Waals surface area contributed by atoms with Gasteiger partial charge in [0.15, 0.2) is 0 Å². The van der Waals surface area contributed by atoms with Gasteiger partial charge in [-0.1, -0.05) is 60.2 Å². The SMILES string of the molecule is Cc1ccc([C@H](N[C@@H](C)C(=O)N(C)C)c2ccccc2)cc1. The summed E-state index contributed by atoms with van der Waals surface area (Å²) in [7, 11) is 3.56. The second-order valence-electron chi connectivity index (χ2n) is 5.88. The van der Waals surface area contributed by atoms with Gasteiger partial charge in [-0.3, -0.25) is 10.1 Å². The Hall–Kier alpha value is -2.13. The first-order valence-corrected chi connectivity index (χ1v) is 7.57. The van der Waals surface area contributed by atoms with Crippen molar-refractivity contribution in [1.29, 1.82) is 0 Å². The molecule has 0 aliphatic carbocycles. The highest BCUT2D eigenvalue weighted by molar-refractivity contribution is 5.81. The van der Waals surface area contributed by atoms with E-state index >= 15 is 0 Å². The van der Waals surface area contributed by atoms with E-state index in [2.05, 4.69) is 48.6 Å². The summed E-state index contributed by atoms with van der Waals surface area (Å²) >= 11 is 0. The second kappa shape index (κ2) is 7.23. The molecule has 1 amide bonds. The van der Waals surface area contributed by atoms with Crippen LogP contribution in [0.1, 0.15) is 29.7 Å². The zero-order valence-electron chi connectivity index (χ0n) is 13.7. The van der Waals surface area contributed by atoms with Crippen LogP contribution in [0.25, 0.3) is 0 Å². The maximum Gasteiger partial charge on any atom is 0.238 e. The molecule has 0 aliphatic rings. The van der Waals surface area contributed by atoms with Gasteiger partial charge in [-0.15, -0.1) is 0 Å². The molecule has 3 heteroatoms. The minimum absolute atomic E-state index is 0.000648. The smallest absolute Gasteiger partial charge is 0.238 e. The first kappa shape index (κ1) is 16.2. The van der Waals surface area contributed by atoms with Crippen molar-refractivity contribution in [2.75, 3.05) is 14.1 Å². The summed E-state index contributed by atoms with van der Waals surface area (Å²) in [6.45, 7) is 3.99. The zero-order valence-corrected chi connectivity index (χ0v) is 13.7. The molecule has 2 atom stereocenters. The summed E-state index contributed by atoms with van der Waals surface area (Å²) in [5.74, 6) is 0.0769. The Morgan fingerprint density at radius 1 is 0.955 bits per heavy atom. The fourth-order valence-electron chi connectivity index (χ4n) is 2.50. The number of hydrogen-bond acceptors (Lipinski definition) is 2. The average Bonchev–Trinajstić information content (AvgIpc) is 2.53. The van der Waals surface area contributed by atoms with E-state index in [1.807, 2.05) is 25.1 Å². The number of aryl methyl sites for hydroxylation is 1. The third-order valence-corrected chi connectivity index (χ3v) is 3.77. The zero-order chi connectivity index (χ0) is 16.1. The summed E-state index contributed by atoms with van der Waals surface area (Å²) in [4.78, 5) is 13.8. The molecule has 0 bridgehead atoms. The number of hydrogen-bond donors (Lipinski definition) is 1. The molecule has 2 aromatic rings. The number of rotatable bonds is 5. The average molecular weight is 296 g/mol. The summed E-state index contributed by atoms with van der Waals surface area (Å²) in [5.41, 5.74) is 3.55. The van der Waals surface area contributed by atoms with Crippen LogP contribution in [-0.4, -0.2) is 30.9 Å². The Kier molecular flexibility index (Phi) is 5.34. The van der Waals surface area contributed by atoms with Crippen molar-refractivity contribution < 1.29 is 4.79 Å². The lowest BCUT2D eigenvalue weighted by Crippen LogP contribution is -2.43. The van der Waals surface area contributed by atoms with Crippen molar-refractivity contribution in [1.82, 2.24) is 10.2 Å². The van der Waals surface area contributed by atoms with E-state index in [-0.39, 0.29) is 18.0 Å². The number of carbonyl (C=O) groups is 1. The molecule has 0 aliphatic heterocycles. The number of nitrogens with zero attached hydrogens (tertiary/aromatic N) is 1. The van der Waals surface area contributed by atoms with Crippen LogP contribution in [0.5, 0.6) is 0 Å². The molecule has 0 radical (unpaired) electrons. The van der Waals surface area contributed by atoms with Gasteiger partial charge in [0, 0.05) is 14.1 Å². The maximum absolute atomic E-state index is 12.2. The number of benzene rings is 2. The normalized spacial score (nSPS) is 13.5. The number of carbonyl (C=O) groups excluding carboxylic acids is 1. The molecule has 0 heterocycles. The molecule has 22 heavy (non-hydrogen) atoms. The van der Waals surface area contributed by atoms with Gasteiger partial charge in [0.1, 0.15) is 0 Å². The van der Waals surface area contributed by atoms with Gasteiger partial charge in [-0.25, -0.2) is 0 Å². The molecule has 0 fully saturated rings. The fourth-order valence-corrected chi connectivity index (χ4v) is 2.50. The lowest BCUT2D eigenvalue weighted by molar-refractivity contribution is -0.130. The molecular formula is C19H24N2O. The van der Waals surface area contributed by atoms with Gasteiger partial charge in [0.2, 0.25) is 5.91 Å². The van der Waals surface area contributed by atoms with E-state index in [0.717, 1.165) is 11.1 Å². The highest BCUT2D eigenvalue weighted by atomic mass is 16.2. The minimum Gasteiger partial charge on any atom is -0.347 e. The van der Waals surface area contributed by atoms with Gasteiger partial charge < -0.3 is 4.90 Å². The summed E-state index contributed by atoms with van der Waals surface area (Å²) < 4.78 is 0. The highest BCUT2D eigenvalue weighted by Gasteiger charge is 2.21. The first-order chi connectivity index (χ1) is 10.5. The van der Waals surface area contributed by atoms with E-state index < -0.39 is 0 Å². The van der Waals surface area contributed by atoms with Crippen LogP contribution in [0.15, 0.2) is 54.6 Å². The highest BCUT2D eigenvalue weighted by Crippen LogP contribution is 2.23. The molecule has 2 rings (SSSR count). The van der Waals surface area contributed by atoms with Crippen LogP contribution in [-0.2, 0) is 4.79 Å². The Bertz CT molecular complexity index is 605. The van der Waals surface area contributed by atoms with Gasteiger partial charge in [-0.2, -0.15) is 0 Å². The van der Waals surface area contributed by atoms with E-state index in [4.69, 9.17) is 0 Å². The largest absolute Gasteiger partial charge is 0.347 e. The standard InChI is InChI=1S/C19H24N2O/c1-14-10-12-17(13-11-14)18(16-8-6-5-7-9-16)20-15(2)19(22)21(3)4/h5-13,15,18,20H,1-4H3/t15-,18+/m0/s1. The number of likely N-dealkylation sites (N-methyl/N-ethyl adjacent to an activating group) is 1. The van der Waals surface area contributed by atoms with Crippen molar-refractivity contribution in [3.05, 3.63) is 71.3 Å². The van der Waals surface area contributed by atoms with Crippen molar-refractivity contribution >= 4 is 5.91 Å². The van der Waals surface area contributed by atoms with Crippen LogP contribution in [0, 0.1) is 6.92 Å². The minimum atomic E-state index is -0.249. The molecule has 116 valence electrons. The van der Waals surface area contributed by atoms with E-state index in [0.29, 0.717) is 0 Å². The molecule has 0 spiro atoms. The second-order valence-corrected chi connectivity index (χ2v) is 5.88. The molecule has 2 aromatic carbocycles. The summed E-state index contributed by atoms with van der Waals surface area (Å²) in [6.07, 6.45) is 0. The third-order valence-electron chi connectivity index (χ3n) is 3.77. The topological polar surface area (TPSA) is 32.3 Å². The van der Waals surface area contributed by atoms with Crippen molar-refractivity contribution in [3.8, 4) is 0 Å². The van der Waals surface area contributed by atoms with Crippen molar-refractivity contribution in [3.63, 3.8) is 0 Å². The van der Waals surface area contributed by atoms with Crippen molar-refractivity contribution in [2.45, 2.75) is 25.9 Å².